The zero-order valence-electron chi connectivity index (χ0n) is 18.2. The number of fused-ring (bicyclic) bond motifs is 2. The summed E-state index contributed by atoms with van der Waals surface area (Å²) in [6, 6.07) is 4.07. The van der Waals surface area contributed by atoms with E-state index < -0.39 is 0 Å². The van der Waals surface area contributed by atoms with Crippen LogP contribution in [0.1, 0.15) is 51.0 Å². The molecule has 2 fully saturated rings. The Labute approximate surface area is 185 Å². The number of carbonyl (C=O) groups is 1. The van der Waals surface area contributed by atoms with E-state index in [2.05, 4.69) is 31.6 Å². The van der Waals surface area contributed by atoms with Crippen LogP contribution >= 0.6 is 0 Å². The van der Waals surface area contributed by atoms with Gasteiger partial charge in [0, 0.05) is 42.5 Å². The van der Waals surface area contributed by atoms with Crippen LogP contribution in [0.15, 0.2) is 24.5 Å². The monoisotopic (exact) mass is 433 g/mol. The number of carbonyl (C=O) groups excluding carboxylic acids is 1. The molecule has 1 saturated carbocycles. The number of nitrogens with one attached hydrogen (secondary N) is 2. The summed E-state index contributed by atoms with van der Waals surface area (Å²) in [6.45, 7) is 6.35. The highest BCUT2D eigenvalue weighted by Crippen LogP contribution is 2.46. The number of rotatable bonds is 5. The molecule has 4 atom stereocenters. The van der Waals surface area contributed by atoms with Gasteiger partial charge in [0.25, 0.3) is 5.91 Å². The Balaban J connectivity index is 1.10. The average molecular weight is 434 g/mol. The normalized spacial score (nSPS) is 25.7. The molecule has 0 radical (unpaired) electrons. The standard InChI is InChI=1S/C23H27N7O2/c1-12-14(3-6-20(25-12)29-10-17-18(11-29)22(17)31)8-30-9-15(7-24-30)23(32)26-19-5-4-16-13(2)27-28-21(16)19/h3,6-7,9,17-19,22,31H,4-5,8,10-11H2,1-2H3,(H,26,32)(H,27,28)/t17-,18+,19-,22?/m1/s1. The summed E-state index contributed by atoms with van der Waals surface area (Å²) < 4.78 is 1.78. The predicted molar refractivity (Wildman–Crippen MR) is 117 cm³/mol. The fourth-order valence-corrected chi connectivity index (χ4v) is 5.23. The molecule has 32 heavy (non-hydrogen) atoms. The van der Waals surface area contributed by atoms with Gasteiger partial charge in [0.15, 0.2) is 0 Å². The molecule has 0 aromatic carbocycles. The molecule has 3 aromatic rings. The van der Waals surface area contributed by atoms with Crippen molar-refractivity contribution in [1.82, 2.24) is 30.3 Å². The number of hydrogen-bond donors (Lipinski definition) is 3. The lowest BCUT2D eigenvalue weighted by Gasteiger charge is -2.21. The highest BCUT2D eigenvalue weighted by molar-refractivity contribution is 5.94. The van der Waals surface area contributed by atoms with Gasteiger partial charge in [0.2, 0.25) is 0 Å². The molecule has 3 aliphatic rings. The van der Waals surface area contributed by atoms with Gasteiger partial charge in [-0.3, -0.25) is 14.6 Å². The third kappa shape index (κ3) is 3.19. The van der Waals surface area contributed by atoms with E-state index in [4.69, 9.17) is 4.98 Å². The molecule has 1 aliphatic heterocycles. The van der Waals surface area contributed by atoms with E-state index in [0.29, 0.717) is 23.9 Å². The van der Waals surface area contributed by atoms with Crippen LogP contribution in [0.2, 0.25) is 0 Å². The Morgan fingerprint density at radius 2 is 2.09 bits per heavy atom. The highest BCUT2D eigenvalue weighted by atomic mass is 16.3. The van der Waals surface area contributed by atoms with Crippen LogP contribution in [0.4, 0.5) is 5.82 Å². The van der Waals surface area contributed by atoms with Gasteiger partial charge in [-0.15, -0.1) is 0 Å². The van der Waals surface area contributed by atoms with Crippen molar-refractivity contribution < 1.29 is 9.90 Å². The minimum Gasteiger partial charge on any atom is -0.392 e. The molecule has 2 aliphatic carbocycles. The fraction of sp³-hybridized carbons (Fsp3) is 0.478. The summed E-state index contributed by atoms with van der Waals surface area (Å²) in [6.07, 6.45) is 5.09. The van der Waals surface area contributed by atoms with E-state index in [1.165, 1.54) is 5.56 Å². The van der Waals surface area contributed by atoms with Crippen molar-refractivity contribution in [3.63, 3.8) is 0 Å². The van der Waals surface area contributed by atoms with Crippen molar-refractivity contribution >= 4 is 11.7 Å². The lowest BCUT2D eigenvalue weighted by molar-refractivity contribution is 0.0935. The lowest BCUT2D eigenvalue weighted by Crippen LogP contribution is -2.27. The quantitative estimate of drug-likeness (QED) is 0.562. The van der Waals surface area contributed by atoms with Gasteiger partial charge in [-0.2, -0.15) is 10.2 Å². The molecule has 1 saturated heterocycles. The summed E-state index contributed by atoms with van der Waals surface area (Å²) in [4.78, 5) is 19.8. The van der Waals surface area contributed by atoms with Crippen molar-refractivity contribution in [1.29, 1.82) is 0 Å². The number of H-pyrrole nitrogens is 1. The van der Waals surface area contributed by atoms with E-state index in [1.807, 2.05) is 19.9 Å². The molecule has 3 N–H and O–H groups in total. The number of hydrogen-bond acceptors (Lipinski definition) is 6. The number of anilines is 1. The summed E-state index contributed by atoms with van der Waals surface area (Å²) >= 11 is 0. The van der Waals surface area contributed by atoms with E-state index in [1.54, 1.807) is 17.1 Å². The van der Waals surface area contributed by atoms with Gasteiger partial charge in [0.1, 0.15) is 5.82 Å². The zero-order valence-corrected chi connectivity index (χ0v) is 18.2. The van der Waals surface area contributed by atoms with Gasteiger partial charge in [-0.05, 0) is 43.9 Å². The third-order valence-corrected chi connectivity index (χ3v) is 7.31. The second kappa shape index (κ2) is 7.16. The first kappa shape index (κ1) is 19.5. The first-order chi connectivity index (χ1) is 15.5. The van der Waals surface area contributed by atoms with Crippen LogP contribution in [0.3, 0.4) is 0 Å². The van der Waals surface area contributed by atoms with Crippen LogP contribution in [0.5, 0.6) is 0 Å². The summed E-state index contributed by atoms with van der Waals surface area (Å²) in [7, 11) is 0. The first-order valence-electron chi connectivity index (χ1n) is 11.2. The minimum absolute atomic E-state index is 0.0532. The lowest BCUT2D eigenvalue weighted by atomic mass is 10.2. The molecular formula is C23H27N7O2. The third-order valence-electron chi connectivity index (χ3n) is 7.31. The second-order valence-corrected chi connectivity index (χ2v) is 9.34. The molecule has 0 bridgehead atoms. The number of aryl methyl sites for hydroxylation is 2. The minimum atomic E-state index is -0.130. The van der Waals surface area contributed by atoms with Crippen LogP contribution in [0.25, 0.3) is 0 Å². The molecular weight excluding hydrogens is 406 g/mol. The maximum atomic E-state index is 12.8. The molecule has 9 nitrogen and oxygen atoms in total. The first-order valence-corrected chi connectivity index (χ1v) is 11.2. The van der Waals surface area contributed by atoms with Gasteiger partial charge in [-0.25, -0.2) is 4.98 Å². The van der Waals surface area contributed by atoms with Crippen LogP contribution < -0.4 is 10.2 Å². The second-order valence-electron chi connectivity index (χ2n) is 9.34. The van der Waals surface area contributed by atoms with E-state index in [-0.39, 0.29) is 18.1 Å². The van der Waals surface area contributed by atoms with Crippen molar-refractivity contribution in [2.24, 2.45) is 11.8 Å². The summed E-state index contributed by atoms with van der Waals surface area (Å²) in [5.41, 5.74) is 5.83. The topological polar surface area (TPSA) is 112 Å². The number of aliphatic hydroxyl groups excluding tert-OH is 1. The SMILES string of the molecule is Cc1nc(N2C[C@@H]3C(O)[C@@H]3C2)ccc1Cn1cc(C(=O)N[C@@H]2CCc3c2n[nH]c3C)cn1. The van der Waals surface area contributed by atoms with Crippen molar-refractivity contribution in [3.05, 3.63) is 58.3 Å². The Hall–Kier alpha value is -3.20. The molecule has 1 amide bonds. The molecule has 0 spiro atoms. The maximum absolute atomic E-state index is 12.8. The Morgan fingerprint density at radius 1 is 1.28 bits per heavy atom. The molecule has 3 aromatic heterocycles. The Bertz CT molecular complexity index is 1190. The number of nitrogens with zero attached hydrogens (tertiary/aromatic N) is 5. The molecule has 166 valence electrons. The Morgan fingerprint density at radius 3 is 2.88 bits per heavy atom. The number of aromatic amines is 1. The average Bonchev–Trinajstić information content (AvgIpc) is 3.36. The zero-order chi connectivity index (χ0) is 22.0. The Kier molecular flexibility index (Phi) is 4.36. The highest BCUT2D eigenvalue weighted by Gasteiger charge is 2.55. The van der Waals surface area contributed by atoms with Crippen molar-refractivity contribution in [2.45, 2.75) is 45.4 Å². The molecule has 4 heterocycles. The van der Waals surface area contributed by atoms with Crippen molar-refractivity contribution in [2.75, 3.05) is 18.0 Å². The number of aromatic nitrogens is 5. The van der Waals surface area contributed by atoms with E-state index >= 15 is 0 Å². The number of aliphatic hydroxyl groups is 1. The largest absolute Gasteiger partial charge is 0.392 e. The van der Waals surface area contributed by atoms with Gasteiger partial charge >= 0.3 is 0 Å². The van der Waals surface area contributed by atoms with E-state index in [0.717, 1.165) is 54.4 Å². The van der Waals surface area contributed by atoms with Crippen molar-refractivity contribution in [3.8, 4) is 0 Å². The van der Waals surface area contributed by atoms with Gasteiger partial charge in [0.05, 0.1) is 36.1 Å². The van der Waals surface area contributed by atoms with E-state index in [9.17, 15) is 9.90 Å². The fourth-order valence-electron chi connectivity index (χ4n) is 5.23. The smallest absolute Gasteiger partial charge is 0.255 e. The van der Waals surface area contributed by atoms with Crippen LogP contribution in [-0.4, -0.2) is 55.2 Å². The summed E-state index contributed by atoms with van der Waals surface area (Å²) in [5.74, 6) is 1.67. The molecule has 1 unspecified atom stereocenters. The molecule has 6 rings (SSSR count). The predicted octanol–water partition coefficient (Wildman–Crippen LogP) is 1.51. The number of piperidine rings is 1. The van der Waals surface area contributed by atoms with Crippen LogP contribution in [-0.2, 0) is 13.0 Å². The van der Waals surface area contributed by atoms with Gasteiger partial charge in [-0.1, -0.05) is 6.07 Å². The van der Waals surface area contributed by atoms with Gasteiger partial charge < -0.3 is 15.3 Å². The number of pyridine rings is 1. The number of amides is 1. The summed E-state index contributed by atoms with van der Waals surface area (Å²) in [5, 5.41) is 24.6. The van der Waals surface area contributed by atoms with Crippen LogP contribution in [0, 0.1) is 25.7 Å². The maximum Gasteiger partial charge on any atom is 0.255 e. The molecule has 9 heteroatoms.